The molecule has 10 heavy (non-hydrogen) atoms. The molecule has 2 heterocycles. The summed E-state index contributed by atoms with van der Waals surface area (Å²) in [4.78, 5) is 12.9. The Bertz CT molecular complexity index is 173. The van der Waals surface area contributed by atoms with Gasteiger partial charge in [-0.1, -0.05) is 0 Å². The van der Waals surface area contributed by atoms with Crippen molar-refractivity contribution in [3.05, 3.63) is 0 Å². The van der Waals surface area contributed by atoms with E-state index in [9.17, 15) is 4.79 Å². The molecule has 2 fully saturated rings. The number of thioether (sulfide) groups is 1. The molecule has 0 spiro atoms. The van der Waals surface area contributed by atoms with Gasteiger partial charge in [-0.15, -0.1) is 11.8 Å². The van der Waals surface area contributed by atoms with Gasteiger partial charge in [-0.25, -0.2) is 0 Å². The molecule has 56 valence electrons. The van der Waals surface area contributed by atoms with E-state index in [1.165, 1.54) is 0 Å². The Morgan fingerprint density at radius 3 is 3.30 bits per heavy atom. The van der Waals surface area contributed by atoms with Gasteiger partial charge in [0.1, 0.15) is 5.37 Å². The van der Waals surface area contributed by atoms with E-state index in [1.54, 1.807) is 7.11 Å². The van der Waals surface area contributed by atoms with E-state index < -0.39 is 0 Å². The smallest absolute Gasteiger partial charge is 0.255 e. The summed E-state index contributed by atoms with van der Waals surface area (Å²) in [5.74, 6) is 1.23. The number of hydrogen-bond acceptors (Lipinski definition) is 3. The van der Waals surface area contributed by atoms with Crippen LogP contribution in [-0.4, -0.2) is 41.7 Å². The summed E-state index contributed by atoms with van der Waals surface area (Å²) in [7, 11) is 1.60. The molecule has 2 atom stereocenters. The number of hydrogen-bond donors (Lipinski definition) is 0. The third-order valence-electron chi connectivity index (χ3n) is 1.97. The minimum Gasteiger partial charge on any atom is -0.368 e. The molecule has 1 unspecified atom stereocenters. The first-order valence-electron chi connectivity index (χ1n) is 3.29. The molecular formula is C6H9NO2S. The van der Waals surface area contributed by atoms with Crippen molar-refractivity contribution in [2.24, 2.45) is 0 Å². The molecule has 2 aliphatic rings. The minimum absolute atomic E-state index is 0.146. The van der Waals surface area contributed by atoms with Gasteiger partial charge in [0.25, 0.3) is 5.91 Å². The van der Waals surface area contributed by atoms with Crippen LogP contribution in [0.5, 0.6) is 0 Å². The zero-order valence-corrected chi connectivity index (χ0v) is 6.56. The highest BCUT2D eigenvalue weighted by atomic mass is 32.2. The molecule has 0 bridgehead atoms. The van der Waals surface area contributed by atoms with Crippen LogP contribution in [0.4, 0.5) is 0 Å². The summed E-state index contributed by atoms with van der Waals surface area (Å²) in [6, 6.07) is 0. The molecule has 2 aliphatic heterocycles. The summed E-state index contributed by atoms with van der Waals surface area (Å²) >= 11 is 1.81. The fourth-order valence-electron chi connectivity index (χ4n) is 1.40. The van der Waals surface area contributed by atoms with Crippen molar-refractivity contribution in [2.45, 2.75) is 11.5 Å². The normalized spacial score (nSPS) is 37.7. The first kappa shape index (κ1) is 6.49. The third-order valence-corrected chi connectivity index (χ3v) is 3.23. The van der Waals surface area contributed by atoms with E-state index >= 15 is 0 Å². The highest BCUT2D eigenvalue weighted by Gasteiger charge is 2.50. The van der Waals surface area contributed by atoms with Gasteiger partial charge in [0.05, 0.1) is 0 Å². The molecule has 4 heteroatoms. The van der Waals surface area contributed by atoms with Crippen molar-refractivity contribution in [3.8, 4) is 0 Å². The van der Waals surface area contributed by atoms with Gasteiger partial charge in [-0.05, 0) is 0 Å². The fraction of sp³-hybridized carbons (Fsp3) is 0.833. The summed E-state index contributed by atoms with van der Waals surface area (Å²) < 4.78 is 5.00. The van der Waals surface area contributed by atoms with E-state index in [2.05, 4.69) is 0 Å². The quantitative estimate of drug-likeness (QED) is 0.501. The van der Waals surface area contributed by atoms with E-state index in [0.717, 1.165) is 12.3 Å². The van der Waals surface area contributed by atoms with Gasteiger partial charge in [0.2, 0.25) is 0 Å². The zero-order chi connectivity index (χ0) is 7.14. The molecule has 3 nitrogen and oxygen atoms in total. The Hall–Kier alpha value is -0.220. The number of fused-ring (bicyclic) bond motifs is 1. The number of amides is 1. The number of β-lactam (4-membered cyclic amide) rings is 1. The Morgan fingerprint density at radius 2 is 2.60 bits per heavy atom. The lowest BCUT2D eigenvalue weighted by Crippen LogP contribution is -2.61. The molecule has 0 aromatic heterocycles. The first-order chi connectivity index (χ1) is 4.84. The largest absolute Gasteiger partial charge is 0.368 e. The lowest BCUT2D eigenvalue weighted by Gasteiger charge is -2.40. The van der Waals surface area contributed by atoms with Crippen molar-refractivity contribution >= 4 is 17.7 Å². The van der Waals surface area contributed by atoms with Crippen LogP contribution in [0.15, 0.2) is 0 Å². The summed E-state index contributed by atoms with van der Waals surface area (Å²) in [6.45, 7) is 0.911. The van der Waals surface area contributed by atoms with Crippen LogP contribution in [0.2, 0.25) is 0 Å². The van der Waals surface area contributed by atoms with Crippen LogP contribution in [0.25, 0.3) is 0 Å². The molecule has 0 radical (unpaired) electrons. The zero-order valence-electron chi connectivity index (χ0n) is 5.74. The van der Waals surface area contributed by atoms with Crippen LogP contribution < -0.4 is 0 Å². The molecule has 0 aromatic rings. The van der Waals surface area contributed by atoms with Gasteiger partial charge in [-0.2, -0.15) is 0 Å². The second-order valence-corrected chi connectivity index (χ2v) is 3.67. The number of carbonyl (C=O) groups is 1. The highest BCUT2D eigenvalue weighted by Crippen LogP contribution is 2.36. The number of nitrogens with zero attached hydrogens (tertiary/aromatic N) is 1. The van der Waals surface area contributed by atoms with Crippen LogP contribution >= 0.6 is 11.8 Å². The van der Waals surface area contributed by atoms with Gasteiger partial charge in [0.15, 0.2) is 6.10 Å². The SMILES string of the molecule is COC1C(=O)N2CCS[C@@H]12. The van der Waals surface area contributed by atoms with Crippen molar-refractivity contribution < 1.29 is 9.53 Å². The monoisotopic (exact) mass is 159 g/mol. The van der Waals surface area contributed by atoms with Crippen LogP contribution in [0.3, 0.4) is 0 Å². The second-order valence-electron chi connectivity index (χ2n) is 2.45. The Kier molecular flexibility index (Phi) is 1.38. The molecule has 1 amide bonds. The van der Waals surface area contributed by atoms with Crippen molar-refractivity contribution in [1.82, 2.24) is 4.90 Å². The lowest BCUT2D eigenvalue weighted by molar-refractivity contribution is -0.160. The predicted octanol–water partition coefficient (Wildman–Crippen LogP) is -0.0835. The van der Waals surface area contributed by atoms with Crippen LogP contribution in [-0.2, 0) is 9.53 Å². The van der Waals surface area contributed by atoms with Gasteiger partial charge in [0, 0.05) is 19.4 Å². The first-order valence-corrected chi connectivity index (χ1v) is 4.34. The van der Waals surface area contributed by atoms with E-state index in [-0.39, 0.29) is 12.0 Å². The molecule has 0 saturated carbocycles. The Morgan fingerprint density at radius 1 is 1.80 bits per heavy atom. The Labute approximate surface area is 63.7 Å². The number of rotatable bonds is 1. The average molecular weight is 159 g/mol. The number of methoxy groups -OCH3 is 1. The molecule has 0 aliphatic carbocycles. The van der Waals surface area contributed by atoms with Crippen LogP contribution in [0, 0.1) is 0 Å². The van der Waals surface area contributed by atoms with E-state index in [0.29, 0.717) is 5.37 Å². The standard InChI is InChI=1S/C6H9NO2S/c1-9-4-5(8)7-2-3-10-6(4)7/h4,6H,2-3H2,1H3/t4?,6-/m0/s1. The van der Waals surface area contributed by atoms with Gasteiger partial charge >= 0.3 is 0 Å². The molecular weight excluding hydrogens is 150 g/mol. The fourth-order valence-corrected chi connectivity index (χ4v) is 2.73. The van der Waals surface area contributed by atoms with Crippen molar-refractivity contribution in [2.75, 3.05) is 19.4 Å². The van der Waals surface area contributed by atoms with Gasteiger partial charge in [-0.3, -0.25) is 4.79 Å². The number of ether oxygens (including phenoxy) is 1. The minimum atomic E-state index is -0.146. The summed E-state index contributed by atoms with van der Waals surface area (Å²) in [5, 5.41) is 0.331. The summed E-state index contributed by atoms with van der Waals surface area (Å²) in [6.07, 6.45) is -0.146. The van der Waals surface area contributed by atoms with Crippen molar-refractivity contribution in [1.29, 1.82) is 0 Å². The maximum atomic E-state index is 11.1. The van der Waals surface area contributed by atoms with Gasteiger partial charge < -0.3 is 9.64 Å². The molecule has 2 saturated heterocycles. The summed E-state index contributed by atoms with van der Waals surface area (Å²) in [5.41, 5.74) is 0. The number of carbonyl (C=O) groups excluding carboxylic acids is 1. The van der Waals surface area contributed by atoms with E-state index in [1.807, 2.05) is 16.7 Å². The predicted molar refractivity (Wildman–Crippen MR) is 38.8 cm³/mol. The third kappa shape index (κ3) is 0.632. The van der Waals surface area contributed by atoms with E-state index in [4.69, 9.17) is 4.74 Å². The molecule has 0 aromatic carbocycles. The molecule has 0 N–H and O–H groups in total. The van der Waals surface area contributed by atoms with Crippen molar-refractivity contribution in [3.63, 3.8) is 0 Å². The van der Waals surface area contributed by atoms with Crippen LogP contribution in [0.1, 0.15) is 0 Å². The highest BCUT2D eigenvalue weighted by molar-refractivity contribution is 8.00. The average Bonchev–Trinajstić information content (AvgIpc) is 2.33. The molecule has 2 rings (SSSR count). The lowest BCUT2D eigenvalue weighted by atomic mass is 10.1. The second kappa shape index (κ2) is 2.13. The maximum absolute atomic E-state index is 11.1. The maximum Gasteiger partial charge on any atom is 0.255 e. The topological polar surface area (TPSA) is 29.5 Å². The Balaban J connectivity index is 2.08.